The average molecular weight is 298 g/mol. The van der Waals surface area contributed by atoms with Crippen molar-refractivity contribution in [2.45, 2.75) is 26.8 Å². The Morgan fingerprint density at radius 3 is 2.36 bits per heavy atom. The third-order valence-corrected chi connectivity index (χ3v) is 3.66. The molecule has 120 valence electrons. The van der Waals surface area contributed by atoms with Gasteiger partial charge in [-0.3, -0.25) is 4.90 Å². The second kappa shape index (κ2) is 11.0. The summed E-state index contributed by atoms with van der Waals surface area (Å²) in [6.45, 7) is 14.3. The van der Waals surface area contributed by atoms with Crippen molar-refractivity contribution in [3.8, 4) is 0 Å². The lowest BCUT2D eigenvalue weighted by Crippen LogP contribution is -2.45. The molecule has 0 bridgehead atoms. The average Bonchev–Trinajstić information content (AvgIpc) is 2.62. The maximum absolute atomic E-state index is 4.01. The van der Waals surface area contributed by atoms with E-state index in [1.54, 1.807) is 0 Å². The summed E-state index contributed by atoms with van der Waals surface area (Å²) < 4.78 is 0. The molecule has 1 saturated heterocycles. The zero-order chi connectivity index (χ0) is 16.2. The summed E-state index contributed by atoms with van der Waals surface area (Å²) in [5, 5.41) is 3.42. The molecule has 2 heteroatoms. The number of hydrogen-bond donors (Lipinski definition) is 1. The molecule has 0 aliphatic carbocycles. The highest BCUT2D eigenvalue weighted by Crippen LogP contribution is 2.29. The molecule has 2 rings (SSSR count). The molecule has 1 fully saturated rings. The first-order valence-corrected chi connectivity index (χ1v) is 8.32. The molecule has 1 aliphatic heterocycles. The Morgan fingerprint density at radius 2 is 1.82 bits per heavy atom. The lowest BCUT2D eigenvalue weighted by molar-refractivity contribution is 0.198. The van der Waals surface area contributed by atoms with Crippen LogP contribution in [-0.2, 0) is 0 Å². The maximum Gasteiger partial charge on any atom is 0.0602 e. The highest BCUT2D eigenvalue weighted by atomic mass is 15.2. The number of hydrogen-bond acceptors (Lipinski definition) is 2. The Morgan fingerprint density at radius 1 is 1.18 bits per heavy atom. The molecule has 0 radical (unpaired) electrons. The number of nitrogens with zero attached hydrogens (tertiary/aromatic N) is 1. The van der Waals surface area contributed by atoms with Crippen LogP contribution in [0.3, 0.4) is 0 Å². The molecular formula is C20H30N2. The molecule has 1 N–H and O–H groups in total. The molecule has 2 nitrogen and oxygen atoms in total. The smallest absolute Gasteiger partial charge is 0.0602 e. The van der Waals surface area contributed by atoms with E-state index in [4.69, 9.17) is 0 Å². The quantitative estimate of drug-likeness (QED) is 0.813. The van der Waals surface area contributed by atoms with Gasteiger partial charge < -0.3 is 5.32 Å². The third-order valence-electron chi connectivity index (χ3n) is 3.66. The first-order chi connectivity index (χ1) is 10.9. The fraction of sp³-hybridized carbons (Fsp3) is 0.400. The van der Waals surface area contributed by atoms with Crippen molar-refractivity contribution in [3.63, 3.8) is 0 Å². The van der Waals surface area contributed by atoms with Gasteiger partial charge in [-0.2, -0.15) is 0 Å². The third kappa shape index (κ3) is 5.28. The summed E-state index contributed by atoms with van der Waals surface area (Å²) >= 11 is 0. The Balaban J connectivity index is 0.00000116. The van der Waals surface area contributed by atoms with Crippen molar-refractivity contribution >= 4 is 0 Å². The Kier molecular flexibility index (Phi) is 9.20. The summed E-state index contributed by atoms with van der Waals surface area (Å²) in [7, 11) is 0. The molecule has 22 heavy (non-hydrogen) atoms. The fourth-order valence-electron chi connectivity index (χ4n) is 2.67. The van der Waals surface area contributed by atoms with Crippen molar-refractivity contribution in [2.24, 2.45) is 0 Å². The monoisotopic (exact) mass is 298 g/mol. The van der Waals surface area contributed by atoms with Crippen molar-refractivity contribution in [1.29, 1.82) is 0 Å². The molecule has 1 aromatic carbocycles. The van der Waals surface area contributed by atoms with Gasteiger partial charge in [0.05, 0.1) is 6.04 Å². The predicted octanol–water partition coefficient (Wildman–Crippen LogP) is 4.35. The first kappa shape index (κ1) is 18.4. The number of piperazine rings is 1. The van der Waals surface area contributed by atoms with Gasteiger partial charge in [-0.15, -0.1) is 0 Å². The van der Waals surface area contributed by atoms with E-state index in [0.717, 1.165) is 26.2 Å². The van der Waals surface area contributed by atoms with Gasteiger partial charge in [0.2, 0.25) is 0 Å². The topological polar surface area (TPSA) is 15.3 Å². The highest BCUT2D eigenvalue weighted by molar-refractivity contribution is 5.36. The second-order valence-corrected chi connectivity index (χ2v) is 5.00. The van der Waals surface area contributed by atoms with E-state index >= 15 is 0 Å². The molecule has 1 unspecified atom stereocenters. The van der Waals surface area contributed by atoms with E-state index in [-0.39, 0.29) is 0 Å². The van der Waals surface area contributed by atoms with Crippen molar-refractivity contribution < 1.29 is 0 Å². The molecule has 1 heterocycles. The molecule has 1 aromatic rings. The number of nitrogens with one attached hydrogen (secondary N) is 1. The van der Waals surface area contributed by atoms with Gasteiger partial charge in [0, 0.05) is 26.2 Å². The van der Waals surface area contributed by atoms with Gasteiger partial charge in [0.15, 0.2) is 0 Å². The van der Waals surface area contributed by atoms with E-state index < -0.39 is 0 Å². The van der Waals surface area contributed by atoms with Crippen molar-refractivity contribution in [1.82, 2.24) is 10.2 Å². The Hall–Kier alpha value is -1.64. The Labute approximate surface area is 136 Å². The Bertz CT molecular complexity index is 468. The normalized spacial score (nSPS) is 17.7. The zero-order valence-electron chi connectivity index (χ0n) is 14.3. The molecule has 1 aliphatic rings. The van der Waals surface area contributed by atoms with Gasteiger partial charge in [0.1, 0.15) is 0 Å². The van der Waals surface area contributed by atoms with E-state index in [0.29, 0.717) is 6.04 Å². The highest BCUT2D eigenvalue weighted by Gasteiger charge is 2.23. The lowest BCUT2D eigenvalue weighted by Gasteiger charge is -2.36. The molecule has 0 amide bonds. The molecular weight excluding hydrogens is 268 g/mol. The molecule has 0 saturated carbocycles. The minimum Gasteiger partial charge on any atom is -0.314 e. The summed E-state index contributed by atoms with van der Waals surface area (Å²) in [5.74, 6) is 0. The van der Waals surface area contributed by atoms with Crippen LogP contribution < -0.4 is 5.32 Å². The van der Waals surface area contributed by atoms with E-state index in [9.17, 15) is 0 Å². The summed E-state index contributed by atoms with van der Waals surface area (Å²) in [6.07, 6.45) is 8.31. The minimum absolute atomic E-state index is 0.298. The standard InChI is InChI=1S/C18H24N2.C2H6/c1-3-5-9-16(4-2)18(17-10-7-6-8-11-17)20-14-12-19-13-15-20;1-2/h3-11,18-19H,2,12-15H2,1H3;1-2H3/b5-3-,16-9+;. The van der Waals surface area contributed by atoms with Crippen LogP contribution in [-0.4, -0.2) is 31.1 Å². The number of rotatable bonds is 5. The van der Waals surface area contributed by atoms with Gasteiger partial charge in [0.25, 0.3) is 0 Å². The summed E-state index contributed by atoms with van der Waals surface area (Å²) in [6, 6.07) is 11.0. The van der Waals surface area contributed by atoms with E-state index in [1.807, 2.05) is 26.8 Å². The van der Waals surface area contributed by atoms with Crippen LogP contribution in [0, 0.1) is 0 Å². The largest absolute Gasteiger partial charge is 0.314 e. The van der Waals surface area contributed by atoms with Gasteiger partial charge in [-0.25, -0.2) is 0 Å². The van der Waals surface area contributed by atoms with E-state index in [2.05, 4.69) is 65.4 Å². The minimum atomic E-state index is 0.298. The van der Waals surface area contributed by atoms with E-state index in [1.165, 1.54) is 11.1 Å². The van der Waals surface area contributed by atoms with Crippen LogP contribution in [0.5, 0.6) is 0 Å². The number of benzene rings is 1. The molecule has 0 aromatic heterocycles. The first-order valence-electron chi connectivity index (χ1n) is 8.32. The number of allylic oxidation sites excluding steroid dienone is 3. The zero-order valence-corrected chi connectivity index (χ0v) is 14.3. The second-order valence-electron chi connectivity index (χ2n) is 5.00. The van der Waals surface area contributed by atoms with Crippen LogP contribution in [0.1, 0.15) is 32.4 Å². The summed E-state index contributed by atoms with van der Waals surface area (Å²) in [5.41, 5.74) is 2.60. The SMILES string of the molecule is C=C/C(=C\C=C/C)C(c1ccccc1)N1CCNCC1.CC. The van der Waals surface area contributed by atoms with Crippen LogP contribution in [0.2, 0.25) is 0 Å². The van der Waals surface area contributed by atoms with Gasteiger partial charge in [-0.05, 0) is 18.1 Å². The van der Waals surface area contributed by atoms with Crippen LogP contribution in [0.15, 0.2) is 66.8 Å². The van der Waals surface area contributed by atoms with Crippen LogP contribution >= 0.6 is 0 Å². The molecule has 0 spiro atoms. The summed E-state index contributed by atoms with van der Waals surface area (Å²) in [4.78, 5) is 2.53. The van der Waals surface area contributed by atoms with Crippen LogP contribution in [0.25, 0.3) is 0 Å². The molecule has 1 atom stereocenters. The van der Waals surface area contributed by atoms with Gasteiger partial charge in [-0.1, -0.05) is 75.1 Å². The van der Waals surface area contributed by atoms with Gasteiger partial charge >= 0.3 is 0 Å². The predicted molar refractivity (Wildman–Crippen MR) is 98.1 cm³/mol. The van der Waals surface area contributed by atoms with Crippen molar-refractivity contribution in [2.75, 3.05) is 26.2 Å². The van der Waals surface area contributed by atoms with Crippen LogP contribution in [0.4, 0.5) is 0 Å². The lowest BCUT2D eigenvalue weighted by atomic mass is 9.96. The van der Waals surface area contributed by atoms with Crippen molar-refractivity contribution in [3.05, 3.63) is 72.4 Å². The fourth-order valence-corrected chi connectivity index (χ4v) is 2.67. The maximum atomic E-state index is 4.01.